The summed E-state index contributed by atoms with van der Waals surface area (Å²) in [6.07, 6.45) is 0. The molecule has 0 bridgehead atoms. The number of fused-ring (bicyclic) bond motifs is 1. The van der Waals surface area contributed by atoms with Crippen LogP contribution in [0.25, 0.3) is 10.2 Å². The van der Waals surface area contributed by atoms with Crippen LogP contribution in [-0.2, 0) is 0 Å². The average molecular weight is 369 g/mol. The number of carbonyl (C=O) groups excluding carboxylic acids is 1. The van der Waals surface area contributed by atoms with Crippen LogP contribution < -0.4 is 5.32 Å². The second kappa shape index (κ2) is 5.50. The number of nitrogens with one attached hydrogen (secondary N) is 1. The molecule has 1 N–H and O–H groups in total. The first-order valence-electron chi connectivity index (χ1n) is 5.85. The monoisotopic (exact) mass is 368 g/mol. The third kappa shape index (κ3) is 2.93. The molecule has 0 aliphatic rings. The smallest absolute Gasteiger partial charge is 0.260 e. The van der Waals surface area contributed by atoms with E-state index in [1.54, 1.807) is 0 Å². The number of aromatic nitrogens is 1. The van der Waals surface area contributed by atoms with Gasteiger partial charge in [0.2, 0.25) is 0 Å². The lowest BCUT2D eigenvalue weighted by Crippen LogP contribution is -2.13. The summed E-state index contributed by atoms with van der Waals surface area (Å²) in [7, 11) is 0. The summed E-state index contributed by atoms with van der Waals surface area (Å²) in [5, 5.41) is 2.88. The third-order valence-corrected chi connectivity index (χ3v) is 4.17. The number of nitrogens with zero attached hydrogens (tertiary/aromatic N) is 1. The second-order valence-corrected chi connectivity index (χ2v) is 6.16. The fourth-order valence-corrected chi connectivity index (χ4v) is 3.20. The molecule has 1 amide bonds. The van der Waals surface area contributed by atoms with Crippen LogP contribution in [0.4, 0.5) is 13.9 Å². The van der Waals surface area contributed by atoms with E-state index < -0.39 is 17.5 Å². The van der Waals surface area contributed by atoms with Crippen molar-refractivity contribution in [1.82, 2.24) is 4.98 Å². The van der Waals surface area contributed by atoms with Gasteiger partial charge in [-0.2, -0.15) is 0 Å². The predicted octanol–water partition coefficient (Wildman–Crippen LogP) is 4.59. The van der Waals surface area contributed by atoms with Crippen molar-refractivity contribution in [3.63, 3.8) is 0 Å². The molecule has 7 heteroatoms. The fourth-order valence-electron chi connectivity index (χ4n) is 1.79. The molecule has 0 saturated carbocycles. The molecule has 3 aromatic rings. The van der Waals surface area contributed by atoms with E-state index in [1.807, 2.05) is 18.2 Å². The lowest BCUT2D eigenvalue weighted by molar-refractivity contribution is 0.102. The Morgan fingerprint density at radius 1 is 1.19 bits per heavy atom. The highest BCUT2D eigenvalue weighted by Gasteiger charge is 2.14. The Hall–Kier alpha value is -1.86. The number of benzene rings is 2. The molecule has 0 fully saturated rings. The maximum Gasteiger partial charge on any atom is 0.260 e. The fraction of sp³-hybridized carbons (Fsp3) is 0. The van der Waals surface area contributed by atoms with Gasteiger partial charge in [0.1, 0.15) is 11.6 Å². The van der Waals surface area contributed by atoms with Crippen molar-refractivity contribution in [3.05, 3.63) is 58.1 Å². The van der Waals surface area contributed by atoms with E-state index in [0.29, 0.717) is 11.2 Å². The van der Waals surface area contributed by atoms with Crippen molar-refractivity contribution >= 4 is 48.5 Å². The average Bonchev–Trinajstić information content (AvgIpc) is 2.79. The largest absolute Gasteiger partial charge is 0.298 e. The second-order valence-electron chi connectivity index (χ2n) is 4.21. The molecule has 3 nitrogen and oxygen atoms in total. The zero-order valence-electron chi connectivity index (χ0n) is 10.4. The van der Waals surface area contributed by atoms with Crippen molar-refractivity contribution in [3.8, 4) is 0 Å². The maximum atomic E-state index is 13.5. The highest BCUT2D eigenvalue weighted by atomic mass is 79.9. The van der Waals surface area contributed by atoms with Crippen LogP contribution in [0.3, 0.4) is 0 Å². The summed E-state index contributed by atoms with van der Waals surface area (Å²) in [4.78, 5) is 16.2. The van der Waals surface area contributed by atoms with E-state index in [0.717, 1.165) is 26.8 Å². The summed E-state index contributed by atoms with van der Waals surface area (Å²) < 4.78 is 28.2. The van der Waals surface area contributed by atoms with Crippen molar-refractivity contribution in [2.45, 2.75) is 0 Å². The minimum atomic E-state index is -0.906. The first-order chi connectivity index (χ1) is 10.0. The summed E-state index contributed by atoms with van der Waals surface area (Å²) >= 11 is 4.63. The minimum absolute atomic E-state index is 0.225. The molecule has 0 radical (unpaired) electrons. The molecular formula is C14H7BrF2N2OS. The van der Waals surface area contributed by atoms with Crippen LogP contribution in [0.15, 0.2) is 40.9 Å². The van der Waals surface area contributed by atoms with E-state index in [2.05, 4.69) is 26.2 Å². The highest BCUT2D eigenvalue weighted by Crippen LogP contribution is 2.28. The Balaban J connectivity index is 1.89. The number of anilines is 1. The molecule has 106 valence electrons. The standard InChI is InChI=1S/C14H7BrF2N2OS/c15-7-1-4-11-12(5-7)21-14(18-11)19-13(20)9-3-2-8(16)6-10(9)17/h1-6H,(H,18,19,20). The molecule has 2 aromatic carbocycles. The van der Waals surface area contributed by atoms with Crippen LogP contribution in [0.5, 0.6) is 0 Å². The van der Waals surface area contributed by atoms with Crippen LogP contribution in [-0.4, -0.2) is 10.9 Å². The van der Waals surface area contributed by atoms with Gasteiger partial charge in [0.25, 0.3) is 5.91 Å². The first-order valence-corrected chi connectivity index (χ1v) is 7.46. The van der Waals surface area contributed by atoms with Crippen LogP contribution in [0.1, 0.15) is 10.4 Å². The molecule has 0 atom stereocenters. The summed E-state index contributed by atoms with van der Waals surface area (Å²) in [6.45, 7) is 0. The zero-order valence-corrected chi connectivity index (χ0v) is 12.8. The number of hydrogen-bond acceptors (Lipinski definition) is 3. The Morgan fingerprint density at radius 2 is 2.00 bits per heavy atom. The number of halogens is 3. The molecule has 1 aromatic heterocycles. The number of carbonyl (C=O) groups is 1. The molecular weight excluding hydrogens is 362 g/mol. The van der Waals surface area contributed by atoms with Crippen LogP contribution >= 0.6 is 27.3 Å². The van der Waals surface area contributed by atoms with Gasteiger partial charge in [-0.15, -0.1) is 0 Å². The quantitative estimate of drug-likeness (QED) is 0.718. The number of rotatable bonds is 2. The molecule has 0 saturated heterocycles. The van der Waals surface area contributed by atoms with Crippen molar-refractivity contribution in [1.29, 1.82) is 0 Å². The van der Waals surface area contributed by atoms with Gasteiger partial charge < -0.3 is 0 Å². The highest BCUT2D eigenvalue weighted by molar-refractivity contribution is 9.10. The van der Waals surface area contributed by atoms with Crippen molar-refractivity contribution in [2.24, 2.45) is 0 Å². The molecule has 1 heterocycles. The number of hydrogen-bond donors (Lipinski definition) is 1. The third-order valence-electron chi connectivity index (χ3n) is 2.75. The van der Waals surface area contributed by atoms with Gasteiger partial charge in [0, 0.05) is 10.5 Å². The molecule has 0 unspecified atom stereocenters. The summed E-state index contributed by atoms with van der Waals surface area (Å²) in [6, 6.07) is 8.33. The molecule has 0 aliphatic carbocycles. The maximum absolute atomic E-state index is 13.5. The van der Waals surface area contributed by atoms with Crippen LogP contribution in [0.2, 0.25) is 0 Å². The molecule has 0 aliphatic heterocycles. The first kappa shape index (κ1) is 14.1. The minimum Gasteiger partial charge on any atom is -0.298 e. The zero-order chi connectivity index (χ0) is 15.0. The lowest BCUT2D eigenvalue weighted by Gasteiger charge is -2.02. The number of thiazole rings is 1. The van der Waals surface area contributed by atoms with Gasteiger partial charge in [-0.25, -0.2) is 13.8 Å². The molecule has 21 heavy (non-hydrogen) atoms. The SMILES string of the molecule is O=C(Nc1nc2ccc(Br)cc2s1)c1ccc(F)cc1F. The van der Waals surface area contributed by atoms with E-state index in [4.69, 9.17) is 0 Å². The predicted molar refractivity (Wildman–Crippen MR) is 81.6 cm³/mol. The molecule has 3 rings (SSSR count). The Labute approximate surface area is 130 Å². The molecule has 0 spiro atoms. The Bertz CT molecular complexity index is 850. The van der Waals surface area contributed by atoms with Crippen molar-refractivity contribution < 1.29 is 13.6 Å². The van der Waals surface area contributed by atoms with Gasteiger partial charge in [-0.05, 0) is 30.3 Å². The summed E-state index contributed by atoms with van der Waals surface area (Å²) in [5.74, 6) is -2.30. The Morgan fingerprint density at radius 3 is 2.76 bits per heavy atom. The van der Waals surface area contributed by atoms with E-state index in [9.17, 15) is 13.6 Å². The van der Waals surface area contributed by atoms with Gasteiger partial charge >= 0.3 is 0 Å². The van der Waals surface area contributed by atoms with Gasteiger partial charge in [-0.3, -0.25) is 10.1 Å². The van der Waals surface area contributed by atoms with E-state index in [1.165, 1.54) is 11.3 Å². The number of amides is 1. The van der Waals surface area contributed by atoms with E-state index >= 15 is 0 Å². The van der Waals surface area contributed by atoms with Crippen molar-refractivity contribution in [2.75, 3.05) is 5.32 Å². The summed E-state index contributed by atoms with van der Waals surface area (Å²) in [5.41, 5.74) is 0.509. The van der Waals surface area contributed by atoms with Crippen LogP contribution in [0, 0.1) is 11.6 Å². The van der Waals surface area contributed by atoms with Gasteiger partial charge in [-0.1, -0.05) is 27.3 Å². The van der Waals surface area contributed by atoms with Gasteiger partial charge in [0.15, 0.2) is 5.13 Å². The normalized spacial score (nSPS) is 10.8. The van der Waals surface area contributed by atoms with Gasteiger partial charge in [0.05, 0.1) is 15.8 Å². The van der Waals surface area contributed by atoms with E-state index in [-0.39, 0.29) is 5.56 Å². The Kier molecular flexibility index (Phi) is 3.69. The lowest BCUT2D eigenvalue weighted by atomic mass is 10.2. The topological polar surface area (TPSA) is 42.0 Å².